The third kappa shape index (κ3) is 4.44. The van der Waals surface area contributed by atoms with Crippen molar-refractivity contribution in [3.05, 3.63) is 12.2 Å². The first-order chi connectivity index (χ1) is 6.30. The van der Waals surface area contributed by atoms with Gasteiger partial charge in [0.1, 0.15) is 0 Å². The molecule has 1 rings (SSSR count). The van der Waals surface area contributed by atoms with E-state index >= 15 is 0 Å². The summed E-state index contributed by atoms with van der Waals surface area (Å²) in [5.74, 6) is 0. The number of allylic oxidation sites excluding steroid dienone is 2. The van der Waals surface area contributed by atoms with Crippen LogP contribution in [0.1, 0.15) is 44.9 Å². The Balaban J connectivity index is 2.33. The first kappa shape index (κ1) is 10.7. The molecular formula is C11H20O2. The zero-order chi connectivity index (χ0) is 9.52. The van der Waals surface area contributed by atoms with Crippen LogP contribution >= 0.6 is 0 Å². The number of aliphatic hydroxyl groups excluding tert-OH is 2. The lowest BCUT2D eigenvalue weighted by atomic mass is 10.0. The van der Waals surface area contributed by atoms with Gasteiger partial charge in [-0.05, 0) is 38.5 Å². The molecule has 13 heavy (non-hydrogen) atoms. The van der Waals surface area contributed by atoms with Gasteiger partial charge in [0, 0.05) is 0 Å². The lowest BCUT2D eigenvalue weighted by Gasteiger charge is -2.16. The van der Waals surface area contributed by atoms with Crippen LogP contribution in [0.2, 0.25) is 0 Å². The molecule has 0 radical (unpaired) electrons. The molecule has 0 aromatic rings. The average Bonchev–Trinajstić information content (AvgIpc) is 2.16. The third-order valence-corrected chi connectivity index (χ3v) is 2.60. The van der Waals surface area contributed by atoms with Gasteiger partial charge in [0.25, 0.3) is 0 Å². The van der Waals surface area contributed by atoms with Crippen molar-refractivity contribution in [2.75, 3.05) is 0 Å². The molecule has 2 N–H and O–H groups in total. The molecule has 0 aliphatic heterocycles. The Hall–Kier alpha value is -0.340. The van der Waals surface area contributed by atoms with E-state index in [-0.39, 0.29) is 0 Å². The van der Waals surface area contributed by atoms with Crippen molar-refractivity contribution in [1.29, 1.82) is 0 Å². The molecule has 0 amide bonds. The molecule has 2 heteroatoms. The van der Waals surface area contributed by atoms with Crippen molar-refractivity contribution in [2.24, 2.45) is 0 Å². The molecule has 0 aromatic carbocycles. The minimum atomic E-state index is -0.508. The van der Waals surface area contributed by atoms with Gasteiger partial charge < -0.3 is 10.2 Å². The van der Waals surface area contributed by atoms with Gasteiger partial charge in [0.15, 0.2) is 0 Å². The van der Waals surface area contributed by atoms with Crippen molar-refractivity contribution in [3.8, 4) is 0 Å². The van der Waals surface area contributed by atoms with Crippen molar-refractivity contribution in [3.63, 3.8) is 0 Å². The van der Waals surface area contributed by atoms with Crippen LogP contribution in [0.3, 0.4) is 0 Å². The van der Waals surface area contributed by atoms with Gasteiger partial charge >= 0.3 is 0 Å². The van der Waals surface area contributed by atoms with Crippen LogP contribution in [-0.4, -0.2) is 22.4 Å². The molecule has 2 nitrogen and oxygen atoms in total. The Morgan fingerprint density at radius 3 is 2.00 bits per heavy atom. The SMILES string of the molecule is OC1CCC/C=C\CCCCC1O. The molecule has 2 atom stereocenters. The lowest BCUT2D eigenvalue weighted by molar-refractivity contribution is 0.00787. The zero-order valence-corrected chi connectivity index (χ0v) is 8.15. The molecular weight excluding hydrogens is 164 g/mol. The van der Waals surface area contributed by atoms with E-state index in [4.69, 9.17) is 0 Å². The summed E-state index contributed by atoms with van der Waals surface area (Å²) in [6.45, 7) is 0. The van der Waals surface area contributed by atoms with Crippen molar-refractivity contribution < 1.29 is 10.2 Å². The van der Waals surface area contributed by atoms with Crippen LogP contribution in [0.5, 0.6) is 0 Å². The molecule has 1 aliphatic rings. The Bertz CT molecular complexity index is 154. The van der Waals surface area contributed by atoms with Gasteiger partial charge in [-0.15, -0.1) is 0 Å². The van der Waals surface area contributed by atoms with Crippen LogP contribution in [0.25, 0.3) is 0 Å². The topological polar surface area (TPSA) is 40.5 Å². The van der Waals surface area contributed by atoms with Crippen LogP contribution < -0.4 is 0 Å². The Kier molecular flexibility index (Phi) is 5.09. The summed E-state index contributed by atoms with van der Waals surface area (Å²) in [5.41, 5.74) is 0. The zero-order valence-electron chi connectivity index (χ0n) is 8.15. The number of hydrogen-bond donors (Lipinski definition) is 2. The molecule has 0 saturated heterocycles. The lowest BCUT2D eigenvalue weighted by Crippen LogP contribution is -2.25. The van der Waals surface area contributed by atoms with Crippen LogP contribution in [0.4, 0.5) is 0 Å². The molecule has 1 aliphatic carbocycles. The van der Waals surface area contributed by atoms with E-state index in [1.807, 2.05) is 0 Å². The molecule has 0 aromatic heterocycles. The van der Waals surface area contributed by atoms with E-state index in [1.165, 1.54) is 0 Å². The Labute approximate surface area is 80.3 Å². The fraction of sp³-hybridized carbons (Fsp3) is 0.818. The predicted octanol–water partition coefficient (Wildman–Crippen LogP) is 2.01. The molecule has 0 spiro atoms. The number of aliphatic hydroxyl groups is 2. The normalized spacial score (nSPS) is 34.9. The first-order valence-electron chi connectivity index (χ1n) is 5.32. The minimum Gasteiger partial charge on any atom is -0.390 e. The van der Waals surface area contributed by atoms with Crippen molar-refractivity contribution in [1.82, 2.24) is 0 Å². The van der Waals surface area contributed by atoms with Gasteiger partial charge in [-0.25, -0.2) is 0 Å². The summed E-state index contributed by atoms with van der Waals surface area (Å²) >= 11 is 0. The van der Waals surface area contributed by atoms with E-state index in [0.29, 0.717) is 0 Å². The summed E-state index contributed by atoms with van der Waals surface area (Å²) < 4.78 is 0. The molecule has 0 saturated carbocycles. The van der Waals surface area contributed by atoms with E-state index in [1.54, 1.807) is 0 Å². The van der Waals surface area contributed by atoms with Gasteiger partial charge in [-0.1, -0.05) is 18.6 Å². The highest BCUT2D eigenvalue weighted by Crippen LogP contribution is 2.13. The second-order valence-corrected chi connectivity index (χ2v) is 3.82. The quantitative estimate of drug-likeness (QED) is 0.565. The summed E-state index contributed by atoms with van der Waals surface area (Å²) in [6.07, 6.45) is 10.1. The van der Waals surface area contributed by atoms with Crippen molar-refractivity contribution >= 4 is 0 Å². The third-order valence-electron chi connectivity index (χ3n) is 2.60. The summed E-state index contributed by atoms with van der Waals surface area (Å²) in [5, 5.41) is 19.0. The average molecular weight is 184 g/mol. The fourth-order valence-corrected chi connectivity index (χ4v) is 1.68. The monoisotopic (exact) mass is 184 g/mol. The smallest absolute Gasteiger partial charge is 0.0799 e. The highest BCUT2D eigenvalue weighted by molar-refractivity contribution is 4.83. The van der Waals surface area contributed by atoms with E-state index in [0.717, 1.165) is 44.9 Å². The maximum Gasteiger partial charge on any atom is 0.0799 e. The van der Waals surface area contributed by atoms with Gasteiger partial charge in [0.05, 0.1) is 12.2 Å². The maximum absolute atomic E-state index is 9.52. The number of rotatable bonds is 0. The molecule has 0 heterocycles. The number of hydrogen-bond acceptors (Lipinski definition) is 2. The van der Waals surface area contributed by atoms with Gasteiger partial charge in [-0.2, -0.15) is 0 Å². The second kappa shape index (κ2) is 6.17. The van der Waals surface area contributed by atoms with Crippen molar-refractivity contribution in [2.45, 2.75) is 57.2 Å². The van der Waals surface area contributed by atoms with E-state index in [9.17, 15) is 10.2 Å². The van der Waals surface area contributed by atoms with E-state index < -0.39 is 12.2 Å². The molecule has 2 unspecified atom stereocenters. The Morgan fingerprint density at radius 1 is 0.769 bits per heavy atom. The van der Waals surface area contributed by atoms with Crippen LogP contribution in [0.15, 0.2) is 12.2 Å². The van der Waals surface area contributed by atoms with Gasteiger partial charge in [0.2, 0.25) is 0 Å². The Morgan fingerprint density at radius 2 is 1.31 bits per heavy atom. The standard InChI is InChI=1S/C11H20O2/c12-10-8-6-4-2-1-3-5-7-9-11(10)13/h1-2,10-13H,3-9H2/b2-1-. The summed E-state index contributed by atoms with van der Waals surface area (Å²) in [4.78, 5) is 0. The summed E-state index contributed by atoms with van der Waals surface area (Å²) in [6, 6.07) is 0. The first-order valence-corrected chi connectivity index (χ1v) is 5.32. The highest BCUT2D eigenvalue weighted by atomic mass is 16.3. The maximum atomic E-state index is 9.52. The second-order valence-electron chi connectivity index (χ2n) is 3.82. The molecule has 76 valence electrons. The van der Waals surface area contributed by atoms with E-state index in [2.05, 4.69) is 12.2 Å². The molecule has 0 fully saturated rings. The van der Waals surface area contributed by atoms with Crippen LogP contribution in [0, 0.1) is 0 Å². The van der Waals surface area contributed by atoms with Gasteiger partial charge in [-0.3, -0.25) is 0 Å². The fourth-order valence-electron chi connectivity index (χ4n) is 1.68. The predicted molar refractivity (Wildman–Crippen MR) is 53.5 cm³/mol. The molecule has 0 bridgehead atoms. The minimum absolute atomic E-state index is 0.502. The highest BCUT2D eigenvalue weighted by Gasteiger charge is 2.14. The largest absolute Gasteiger partial charge is 0.390 e. The summed E-state index contributed by atoms with van der Waals surface area (Å²) in [7, 11) is 0. The van der Waals surface area contributed by atoms with Crippen LogP contribution in [-0.2, 0) is 0 Å².